The molecule has 0 spiro atoms. The monoisotopic (exact) mass is 355 g/mol. The highest BCUT2D eigenvalue weighted by molar-refractivity contribution is 7.92. The van der Waals surface area contributed by atoms with E-state index in [0.29, 0.717) is 33.2 Å². The number of fused-ring (bicyclic) bond motifs is 2. The number of hydrogen-bond acceptors (Lipinski definition) is 6. The van der Waals surface area contributed by atoms with Crippen LogP contribution in [0.15, 0.2) is 51.8 Å². The zero-order valence-electron chi connectivity index (χ0n) is 13.1. The molecule has 9 heteroatoms. The fraction of sp³-hybridized carbons (Fsp3) is 0.0625. The minimum atomic E-state index is -3.38. The van der Waals surface area contributed by atoms with Crippen LogP contribution in [0.25, 0.3) is 17.0 Å². The highest BCUT2D eigenvalue weighted by Gasteiger charge is 2.11. The number of aromatic amines is 1. The number of rotatable bonds is 3. The molecule has 3 aromatic rings. The second kappa shape index (κ2) is 5.42. The van der Waals surface area contributed by atoms with Crippen molar-refractivity contribution in [3.63, 3.8) is 0 Å². The van der Waals surface area contributed by atoms with E-state index in [4.69, 9.17) is 0 Å². The SMILES string of the molecule is CS(=O)(=O)Nc1ccc2[nH]c(O)c(C=c3ccc4c(c3)N=NN=4)c2c1. The number of nitrogens with one attached hydrogen (secondary N) is 2. The van der Waals surface area contributed by atoms with Gasteiger partial charge in [-0.3, -0.25) is 4.72 Å². The minimum Gasteiger partial charge on any atom is -0.494 e. The lowest BCUT2D eigenvalue weighted by molar-refractivity contribution is 0.457. The van der Waals surface area contributed by atoms with Crippen LogP contribution in [0.4, 0.5) is 11.4 Å². The lowest BCUT2D eigenvalue weighted by Crippen LogP contribution is -2.09. The summed E-state index contributed by atoms with van der Waals surface area (Å²) in [7, 11) is -3.38. The minimum absolute atomic E-state index is 0.00156. The summed E-state index contributed by atoms with van der Waals surface area (Å²) >= 11 is 0. The van der Waals surface area contributed by atoms with E-state index < -0.39 is 10.0 Å². The lowest BCUT2D eigenvalue weighted by atomic mass is 10.1. The van der Waals surface area contributed by atoms with Gasteiger partial charge in [0.25, 0.3) is 0 Å². The summed E-state index contributed by atoms with van der Waals surface area (Å²) in [5.74, 6) is -0.00156. The molecule has 1 aliphatic rings. The third kappa shape index (κ3) is 2.96. The number of hydrogen-bond donors (Lipinski definition) is 3. The first-order chi connectivity index (χ1) is 11.9. The van der Waals surface area contributed by atoms with E-state index in [0.717, 1.165) is 11.5 Å². The first-order valence-corrected chi connectivity index (χ1v) is 9.21. The van der Waals surface area contributed by atoms with Gasteiger partial charge in [-0.15, -0.1) is 10.2 Å². The van der Waals surface area contributed by atoms with Crippen LogP contribution in [0.1, 0.15) is 5.56 Å². The quantitative estimate of drug-likeness (QED) is 0.663. The van der Waals surface area contributed by atoms with Crippen molar-refractivity contribution in [2.24, 2.45) is 15.4 Å². The van der Waals surface area contributed by atoms with Crippen LogP contribution in [0.3, 0.4) is 0 Å². The van der Waals surface area contributed by atoms with Crippen LogP contribution >= 0.6 is 0 Å². The van der Waals surface area contributed by atoms with Gasteiger partial charge in [0.2, 0.25) is 10.0 Å². The summed E-state index contributed by atoms with van der Waals surface area (Å²) in [4.78, 5) is 2.88. The summed E-state index contributed by atoms with van der Waals surface area (Å²) in [5, 5.41) is 23.8. The molecule has 4 rings (SSSR count). The fourth-order valence-corrected chi connectivity index (χ4v) is 3.26. The zero-order valence-corrected chi connectivity index (χ0v) is 13.9. The molecule has 3 N–H and O–H groups in total. The Morgan fingerprint density at radius 2 is 2.04 bits per heavy atom. The Morgan fingerprint density at radius 1 is 1.20 bits per heavy atom. The maximum absolute atomic E-state index is 11.4. The summed E-state index contributed by atoms with van der Waals surface area (Å²) in [6.45, 7) is 0. The van der Waals surface area contributed by atoms with Crippen LogP contribution in [-0.4, -0.2) is 24.8 Å². The Hall–Kier alpha value is -3.20. The molecular weight excluding hydrogens is 342 g/mol. The third-order valence-electron chi connectivity index (χ3n) is 3.74. The van der Waals surface area contributed by atoms with Crippen molar-refractivity contribution in [3.05, 3.63) is 52.5 Å². The Balaban J connectivity index is 1.88. The largest absolute Gasteiger partial charge is 0.494 e. The Morgan fingerprint density at radius 3 is 2.84 bits per heavy atom. The van der Waals surface area contributed by atoms with Gasteiger partial charge in [-0.05, 0) is 46.8 Å². The molecule has 8 nitrogen and oxygen atoms in total. The normalized spacial score (nSPS) is 13.9. The number of H-pyrrole nitrogens is 1. The third-order valence-corrected chi connectivity index (χ3v) is 4.34. The van der Waals surface area contributed by atoms with Crippen molar-refractivity contribution in [1.29, 1.82) is 0 Å². The number of anilines is 1. The summed E-state index contributed by atoms with van der Waals surface area (Å²) < 4.78 is 25.3. The van der Waals surface area contributed by atoms with Crippen LogP contribution in [0.5, 0.6) is 5.88 Å². The van der Waals surface area contributed by atoms with Gasteiger partial charge in [-0.25, -0.2) is 8.42 Å². The molecule has 0 saturated carbocycles. The number of aromatic hydroxyl groups is 1. The van der Waals surface area contributed by atoms with Crippen molar-refractivity contribution < 1.29 is 13.5 Å². The van der Waals surface area contributed by atoms with Gasteiger partial charge in [0, 0.05) is 22.2 Å². The van der Waals surface area contributed by atoms with Crippen molar-refractivity contribution in [1.82, 2.24) is 4.98 Å². The van der Waals surface area contributed by atoms with Gasteiger partial charge in [0.1, 0.15) is 11.0 Å². The van der Waals surface area contributed by atoms with Crippen molar-refractivity contribution in [3.8, 4) is 5.88 Å². The average molecular weight is 355 g/mol. The number of nitrogens with zero attached hydrogens (tertiary/aromatic N) is 3. The lowest BCUT2D eigenvalue weighted by Gasteiger charge is -2.03. The zero-order chi connectivity index (χ0) is 17.6. The molecule has 2 heterocycles. The molecule has 0 saturated heterocycles. The molecular formula is C16H13N5O3S. The maximum Gasteiger partial charge on any atom is 0.229 e. The molecule has 0 fully saturated rings. The maximum atomic E-state index is 11.4. The highest BCUT2D eigenvalue weighted by atomic mass is 32.2. The molecule has 0 atom stereocenters. The Kier molecular flexibility index (Phi) is 3.32. The summed E-state index contributed by atoms with van der Waals surface area (Å²) in [5.41, 5.74) is 2.33. The molecule has 0 amide bonds. The molecule has 1 aliphatic heterocycles. The van der Waals surface area contributed by atoms with Crippen LogP contribution < -0.4 is 15.3 Å². The van der Waals surface area contributed by atoms with Gasteiger partial charge in [0.05, 0.1) is 6.26 Å². The second-order valence-corrected chi connectivity index (χ2v) is 7.45. The van der Waals surface area contributed by atoms with Crippen LogP contribution in [0, 0.1) is 0 Å². The molecule has 0 unspecified atom stereocenters. The van der Waals surface area contributed by atoms with Gasteiger partial charge in [-0.1, -0.05) is 6.07 Å². The summed E-state index contributed by atoms with van der Waals surface area (Å²) in [6.07, 6.45) is 2.87. The standard InChI is InChI=1S/C16H13N5O3S/c1-25(23,24)20-10-3-5-13-11(8-10)12(16(22)17-13)6-9-2-4-14-15(7-9)19-21-18-14/h2-8,17,20,22H,1H3. The van der Waals surface area contributed by atoms with Crippen molar-refractivity contribution in [2.45, 2.75) is 0 Å². The molecule has 126 valence electrons. The topological polar surface area (TPSA) is 119 Å². The molecule has 0 aliphatic carbocycles. The van der Waals surface area contributed by atoms with E-state index >= 15 is 0 Å². The van der Waals surface area contributed by atoms with E-state index in [2.05, 4.69) is 25.1 Å². The molecule has 25 heavy (non-hydrogen) atoms. The van der Waals surface area contributed by atoms with E-state index in [9.17, 15) is 13.5 Å². The van der Waals surface area contributed by atoms with E-state index in [-0.39, 0.29) is 5.88 Å². The van der Waals surface area contributed by atoms with E-state index in [1.165, 1.54) is 0 Å². The van der Waals surface area contributed by atoms with Gasteiger partial charge < -0.3 is 10.1 Å². The molecule has 1 aromatic heterocycles. The number of benzene rings is 2. The fourth-order valence-electron chi connectivity index (χ4n) is 2.70. The molecule has 0 bridgehead atoms. The molecule has 0 radical (unpaired) electrons. The van der Waals surface area contributed by atoms with Gasteiger partial charge >= 0.3 is 0 Å². The predicted molar refractivity (Wildman–Crippen MR) is 93.7 cm³/mol. The Labute approximate surface area is 142 Å². The van der Waals surface area contributed by atoms with Crippen LogP contribution in [-0.2, 0) is 10.0 Å². The first-order valence-electron chi connectivity index (χ1n) is 7.32. The number of aromatic nitrogens is 1. The van der Waals surface area contributed by atoms with Crippen molar-refractivity contribution >= 4 is 38.4 Å². The highest BCUT2D eigenvalue weighted by Crippen LogP contribution is 2.30. The van der Waals surface area contributed by atoms with Crippen LogP contribution in [0.2, 0.25) is 0 Å². The van der Waals surface area contributed by atoms with Gasteiger partial charge in [0.15, 0.2) is 5.88 Å². The van der Waals surface area contributed by atoms with E-state index in [1.807, 2.05) is 12.1 Å². The van der Waals surface area contributed by atoms with Gasteiger partial charge in [-0.2, -0.15) is 0 Å². The average Bonchev–Trinajstić information content (AvgIpc) is 3.11. The first kappa shape index (κ1) is 15.3. The second-order valence-electron chi connectivity index (χ2n) is 5.70. The van der Waals surface area contributed by atoms with Crippen molar-refractivity contribution in [2.75, 3.05) is 11.0 Å². The number of sulfonamides is 1. The smallest absolute Gasteiger partial charge is 0.229 e. The predicted octanol–water partition coefficient (Wildman–Crippen LogP) is 1.71. The Bertz CT molecular complexity index is 1260. The summed E-state index contributed by atoms with van der Waals surface area (Å²) in [6, 6.07) is 10.4. The molecule has 2 aromatic carbocycles. The van der Waals surface area contributed by atoms with E-state index in [1.54, 1.807) is 30.3 Å².